The van der Waals surface area contributed by atoms with Crippen molar-refractivity contribution in [3.63, 3.8) is 0 Å². The monoisotopic (exact) mass is 213 g/mol. The van der Waals surface area contributed by atoms with Gasteiger partial charge in [0, 0.05) is 6.04 Å². The molecule has 1 heterocycles. The van der Waals surface area contributed by atoms with Gasteiger partial charge in [-0.25, -0.2) is 0 Å². The van der Waals surface area contributed by atoms with Gasteiger partial charge in [-0.05, 0) is 37.8 Å². The van der Waals surface area contributed by atoms with Gasteiger partial charge in [-0.2, -0.15) is 0 Å². The molecule has 1 fully saturated rings. The van der Waals surface area contributed by atoms with Crippen LogP contribution in [0.5, 0.6) is 0 Å². The summed E-state index contributed by atoms with van der Waals surface area (Å²) >= 11 is 0. The fourth-order valence-electron chi connectivity index (χ4n) is 2.64. The summed E-state index contributed by atoms with van der Waals surface area (Å²) in [5.41, 5.74) is 0. The first-order chi connectivity index (χ1) is 7.04. The molecule has 1 aliphatic heterocycles. The lowest BCUT2D eigenvalue weighted by Crippen LogP contribution is -2.50. The number of rotatable bonds is 4. The van der Waals surface area contributed by atoms with Gasteiger partial charge in [0.05, 0.1) is 6.10 Å². The number of likely N-dealkylation sites (tertiary alicyclic amines) is 1. The van der Waals surface area contributed by atoms with Crippen molar-refractivity contribution >= 4 is 0 Å². The first-order valence-corrected chi connectivity index (χ1v) is 6.46. The van der Waals surface area contributed by atoms with Crippen molar-refractivity contribution in [2.45, 2.75) is 59.1 Å². The van der Waals surface area contributed by atoms with E-state index in [4.69, 9.17) is 0 Å². The summed E-state index contributed by atoms with van der Waals surface area (Å²) in [6.07, 6.45) is 3.78. The Balaban J connectivity index is 2.63. The second kappa shape index (κ2) is 5.86. The van der Waals surface area contributed by atoms with Crippen molar-refractivity contribution in [3.8, 4) is 0 Å². The lowest BCUT2D eigenvalue weighted by atomic mass is 9.89. The molecule has 0 aromatic carbocycles. The summed E-state index contributed by atoms with van der Waals surface area (Å²) in [5.74, 6) is 0.903. The van der Waals surface area contributed by atoms with Crippen molar-refractivity contribution in [1.29, 1.82) is 0 Å². The Hall–Kier alpha value is -0.0800. The molecular weight excluding hydrogens is 186 g/mol. The van der Waals surface area contributed by atoms with Crippen molar-refractivity contribution in [2.24, 2.45) is 11.8 Å². The molecule has 2 nitrogen and oxygen atoms in total. The van der Waals surface area contributed by atoms with E-state index < -0.39 is 0 Å². The first-order valence-electron chi connectivity index (χ1n) is 6.46. The largest absolute Gasteiger partial charge is 0.391 e. The Morgan fingerprint density at radius 2 is 1.40 bits per heavy atom. The van der Waals surface area contributed by atoms with Gasteiger partial charge in [0.15, 0.2) is 0 Å². The molecule has 0 aromatic rings. The minimum Gasteiger partial charge on any atom is -0.391 e. The third-order valence-corrected chi connectivity index (χ3v) is 3.53. The Morgan fingerprint density at radius 1 is 0.867 bits per heavy atom. The van der Waals surface area contributed by atoms with Crippen molar-refractivity contribution in [2.75, 3.05) is 13.1 Å². The second-order valence-electron chi connectivity index (χ2n) is 5.57. The van der Waals surface area contributed by atoms with E-state index in [9.17, 15) is 5.11 Å². The minimum atomic E-state index is -0.178. The minimum absolute atomic E-state index is 0.178. The van der Waals surface area contributed by atoms with Gasteiger partial charge in [-0.15, -0.1) is 0 Å². The topological polar surface area (TPSA) is 23.5 Å². The van der Waals surface area contributed by atoms with Crippen LogP contribution < -0.4 is 0 Å². The highest BCUT2D eigenvalue weighted by Gasteiger charge is 2.31. The second-order valence-corrected chi connectivity index (χ2v) is 5.57. The lowest BCUT2D eigenvalue weighted by Gasteiger charge is -2.41. The molecule has 1 N–H and O–H groups in total. The van der Waals surface area contributed by atoms with Crippen LogP contribution in [0.4, 0.5) is 0 Å². The van der Waals surface area contributed by atoms with Gasteiger partial charge in [-0.1, -0.05) is 34.1 Å². The molecule has 0 amide bonds. The lowest BCUT2D eigenvalue weighted by molar-refractivity contribution is -0.0102. The number of piperidine rings is 1. The van der Waals surface area contributed by atoms with Crippen molar-refractivity contribution in [1.82, 2.24) is 4.90 Å². The highest BCUT2D eigenvalue weighted by Crippen LogP contribution is 2.23. The van der Waals surface area contributed by atoms with Crippen LogP contribution in [0.3, 0.4) is 0 Å². The molecule has 2 atom stereocenters. The summed E-state index contributed by atoms with van der Waals surface area (Å²) < 4.78 is 0. The van der Waals surface area contributed by atoms with E-state index in [1.54, 1.807) is 0 Å². The van der Waals surface area contributed by atoms with E-state index in [1.807, 2.05) is 0 Å². The summed E-state index contributed by atoms with van der Waals surface area (Å²) in [4.78, 5) is 2.50. The van der Waals surface area contributed by atoms with Gasteiger partial charge in [-0.3, -0.25) is 4.90 Å². The molecule has 0 aromatic heterocycles. The maximum atomic E-state index is 10.3. The van der Waals surface area contributed by atoms with E-state index in [-0.39, 0.29) is 6.10 Å². The van der Waals surface area contributed by atoms with Gasteiger partial charge in [0.1, 0.15) is 0 Å². The average Bonchev–Trinajstić information content (AvgIpc) is 2.18. The number of hydrogen-bond donors (Lipinski definition) is 1. The molecule has 1 rings (SSSR count). The zero-order chi connectivity index (χ0) is 11.4. The van der Waals surface area contributed by atoms with Crippen LogP contribution in [0.1, 0.15) is 47.0 Å². The van der Waals surface area contributed by atoms with Gasteiger partial charge in [0.25, 0.3) is 0 Å². The quantitative estimate of drug-likeness (QED) is 0.775. The summed E-state index contributed by atoms with van der Waals surface area (Å²) in [5, 5.41) is 10.3. The number of aliphatic hydroxyl groups is 1. The van der Waals surface area contributed by atoms with E-state index in [0.29, 0.717) is 17.9 Å². The number of aliphatic hydroxyl groups excluding tert-OH is 1. The fourth-order valence-corrected chi connectivity index (χ4v) is 2.64. The molecule has 15 heavy (non-hydrogen) atoms. The standard InChI is InChI=1S/C13H27NO/c1-10(2)12(13(15)11(3)4)14-8-6-5-7-9-14/h10-13,15H,5-9H2,1-4H3/t12-,13+/m0/s1. The maximum Gasteiger partial charge on any atom is 0.0720 e. The predicted molar refractivity (Wildman–Crippen MR) is 64.9 cm³/mol. The fraction of sp³-hybridized carbons (Fsp3) is 1.00. The molecular formula is C13H27NO. The van der Waals surface area contributed by atoms with Crippen molar-refractivity contribution in [3.05, 3.63) is 0 Å². The maximum absolute atomic E-state index is 10.3. The van der Waals surface area contributed by atoms with E-state index in [0.717, 1.165) is 0 Å². The average molecular weight is 213 g/mol. The molecule has 0 radical (unpaired) electrons. The molecule has 1 saturated heterocycles. The van der Waals surface area contributed by atoms with Gasteiger partial charge >= 0.3 is 0 Å². The van der Waals surface area contributed by atoms with E-state index in [2.05, 4.69) is 32.6 Å². The Morgan fingerprint density at radius 3 is 1.80 bits per heavy atom. The van der Waals surface area contributed by atoms with E-state index >= 15 is 0 Å². The van der Waals surface area contributed by atoms with Crippen LogP contribution in [-0.4, -0.2) is 35.2 Å². The smallest absolute Gasteiger partial charge is 0.0720 e. The molecule has 90 valence electrons. The molecule has 1 aliphatic rings. The third kappa shape index (κ3) is 3.46. The highest BCUT2D eigenvalue weighted by molar-refractivity contribution is 4.85. The van der Waals surface area contributed by atoms with Crippen molar-refractivity contribution < 1.29 is 5.11 Å². The summed E-state index contributed by atoms with van der Waals surface area (Å²) in [6.45, 7) is 11.0. The normalized spacial score (nSPS) is 23.4. The Labute approximate surface area is 94.7 Å². The summed E-state index contributed by atoms with van der Waals surface area (Å²) in [7, 11) is 0. The van der Waals surface area contributed by atoms with E-state index in [1.165, 1.54) is 32.4 Å². The molecule has 0 bridgehead atoms. The van der Waals surface area contributed by atoms with Crippen LogP contribution in [-0.2, 0) is 0 Å². The number of nitrogens with zero attached hydrogens (tertiary/aromatic N) is 1. The Kier molecular flexibility index (Phi) is 5.07. The zero-order valence-corrected chi connectivity index (χ0v) is 10.7. The molecule has 0 saturated carbocycles. The van der Waals surface area contributed by atoms with Gasteiger partial charge < -0.3 is 5.11 Å². The first kappa shape index (κ1) is 13.0. The van der Waals surface area contributed by atoms with Crippen LogP contribution in [0.15, 0.2) is 0 Å². The van der Waals surface area contributed by atoms with Crippen LogP contribution >= 0.6 is 0 Å². The zero-order valence-electron chi connectivity index (χ0n) is 10.7. The van der Waals surface area contributed by atoms with Crippen LogP contribution in [0.25, 0.3) is 0 Å². The van der Waals surface area contributed by atoms with Crippen LogP contribution in [0, 0.1) is 11.8 Å². The predicted octanol–water partition coefficient (Wildman–Crippen LogP) is 2.51. The van der Waals surface area contributed by atoms with Gasteiger partial charge in [0.2, 0.25) is 0 Å². The summed E-state index contributed by atoms with van der Waals surface area (Å²) in [6, 6.07) is 0.352. The molecule has 0 unspecified atom stereocenters. The SMILES string of the molecule is CC(C)[C@@H](O)[C@H](C(C)C)N1CCCCC1. The molecule has 0 spiro atoms. The third-order valence-electron chi connectivity index (χ3n) is 3.53. The number of hydrogen-bond acceptors (Lipinski definition) is 2. The highest BCUT2D eigenvalue weighted by atomic mass is 16.3. The molecule has 0 aliphatic carbocycles. The Bertz CT molecular complexity index is 173. The van der Waals surface area contributed by atoms with Crippen LogP contribution in [0.2, 0.25) is 0 Å². The molecule has 2 heteroatoms.